The van der Waals surface area contributed by atoms with Gasteiger partial charge in [0.05, 0.1) is 0 Å². The number of hydrogen-bond acceptors (Lipinski definition) is 0. The van der Waals surface area contributed by atoms with Crippen molar-refractivity contribution >= 4 is 16.8 Å². The molecule has 0 aliphatic heterocycles. The summed E-state index contributed by atoms with van der Waals surface area (Å²) in [6, 6.07) is 14.2. The topological polar surface area (TPSA) is 0 Å². The molecule has 0 fully saturated rings. The van der Waals surface area contributed by atoms with E-state index in [1.54, 1.807) is 16.5 Å². The quantitative estimate of drug-likeness (QED) is 0.212. The second kappa shape index (κ2) is 9.65. The SMILES string of the molecule is CCc1ccc(CC)c2c1C=CC2CC[c-]1ccc2c(CC)ccc(CC)c21.[Hf]. The van der Waals surface area contributed by atoms with Crippen molar-refractivity contribution in [1.29, 1.82) is 0 Å². The van der Waals surface area contributed by atoms with Crippen LogP contribution in [0, 0.1) is 0 Å². The normalized spacial score (nSPS) is 15.0. The molecule has 0 bridgehead atoms. The molecule has 1 aliphatic carbocycles. The Morgan fingerprint density at radius 1 is 0.759 bits per heavy atom. The molecular formula is C28H33Hf-. The van der Waals surface area contributed by atoms with E-state index in [9.17, 15) is 0 Å². The van der Waals surface area contributed by atoms with Gasteiger partial charge in [0.1, 0.15) is 0 Å². The molecule has 29 heavy (non-hydrogen) atoms. The van der Waals surface area contributed by atoms with Crippen LogP contribution in [0.4, 0.5) is 0 Å². The molecule has 0 spiro atoms. The molecular weight excluding hydrogens is 515 g/mol. The molecule has 3 aromatic carbocycles. The van der Waals surface area contributed by atoms with Crippen LogP contribution in [0.1, 0.15) is 79.0 Å². The van der Waals surface area contributed by atoms with Gasteiger partial charge in [-0.2, -0.15) is 6.07 Å². The van der Waals surface area contributed by atoms with E-state index in [-0.39, 0.29) is 25.8 Å². The van der Waals surface area contributed by atoms with E-state index in [2.05, 4.69) is 76.2 Å². The summed E-state index contributed by atoms with van der Waals surface area (Å²) in [5, 5.41) is 3.03. The number of hydrogen-bond donors (Lipinski definition) is 0. The third-order valence-electron chi connectivity index (χ3n) is 6.78. The second-order valence-electron chi connectivity index (χ2n) is 8.16. The fraction of sp³-hybridized carbons (Fsp3) is 0.393. The van der Waals surface area contributed by atoms with Gasteiger partial charge in [-0.1, -0.05) is 76.5 Å². The van der Waals surface area contributed by atoms with Crippen molar-refractivity contribution < 1.29 is 25.8 Å². The molecule has 0 heterocycles. The van der Waals surface area contributed by atoms with Gasteiger partial charge in [-0.3, -0.25) is 0 Å². The summed E-state index contributed by atoms with van der Waals surface area (Å²) in [6.45, 7) is 9.12. The summed E-state index contributed by atoms with van der Waals surface area (Å²) >= 11 is 0. The third-order valence-corrected chi connectivity index (χ3v) is 6.78. The third kappa shape index (κ3) is 4.00. The van der Waals surface area contributed by atoms with Gasteiger partial charge in [-0.05, 0) is 47.9 Å². The second-order valence-corrected chi connectivity index (χ2v) is 8.16. The molecule has 0 radical (unpaired) electrons. The van der Waals surface area contributed by atoms with Crippen LogP contribution >= 0.6 is 0 Å². The molecule has 0 saturated carbocycles. The average Bonchev–Trinajstić information content (AvgIpc) is 3.35. The molecule has 3 aromatic rings. The maximum absolute atomic E-state index is 2.46. The van der Waals surface area contributed by atoms with E-state index in [1.165, 1.54) is 39.6 Å². The van der Waals surface area contributed by atoms with Crippen LogP contribution in [-0.4, -0.2) is 0 Å². The van der Waals surface area contributed by atoms with Crippen LogP contribution in [0.25, 0.3) is 16.8 Å². The first-order valence-electron chi connectivity index (χ1n) is 11.2. The van der Waals surface area contributed by atoms with Gasteiger partial charge in [0, 0.05) is 31.8 Å². The first kappa shape index (κ1) is 22.3. The molecule has 1 aliphatic rings. The van der Waals surface area contributed by atoms with Crippen LogP contribution in [0.5, 0.6) is 0 Å². The van der Waals surface area contributed by atoms with Gasteiger partial charge >= 0.3 is 0 Å². The fourth-order valence-electron chi connectivity index (χ4n) is 5.19. The summed E-state index contributed by atoms with van der Waals surface area (Å²) in [5.41, 5.74) is 10.7. The standard InChI is InChI=1S/C28H33.Hf/c1-5-19-9-11-21(7-3)27-23(15-17-25(19)27)13-14-24-16-18-26-20(6-2)10-12-22(8-4)28(24)26;/h9-12,15-18,23H,5-8,13-14H2,1-4H3;/q-1;. The Morgan fingerprint density at radius 3 is 2.07 bits per heavy atom. The number of allylic oxidation sites excluding steroid dienone is 1. The Balaban J connectivity index is 0.00000240. The minimum absolute atomic E-state index is 0. The zero-order valence-corrected chi connectivity index (χ0v) is 22.0. The molecule has 0 amide bonds. The summed E-state index contributed by atoms with van der Waals surface area (Å²) in [7, 11) is 0. The smallest absolute Gasteiger partial charge is 0.00258 e. The Hall–Kier alpha value is -1.34. The van der Waals surface area contributed by atoms with Gasteiger partial charge in [0.2, 0.25) is 0 Å². The minimum Gasteiger partial charge on any atom is -0.168 e. The summed E-state index contributed by atoms with van der Waals surface area (Å²) < 4.78 is 0. The van der Waals surface area contributed by atoms with E-state index in [1.807, 2.05) is 0 Å². The Labute approximate surface area is 195 Å². The predicted molar refractivity (Wildman–Crippen MR) is 124 cm³/mol. The monoisotopic (exact) mass is 549 g/mol. The number of rotatable bonds is 7. The molecule has 1 atom stereocenters. The average molecular weight is 548 g/mol. The maximum atomic E-state index is 2.46. The van der Waals surface area contributed by atoms with Crippen molar-refractivity contribution in [3.05, 3.63) is 81.4 Å². The van der Waals surface area contributed by atoms with Crippen LogP contribution in [0.15, 0.2) is 42.5 Å². The van der Waals surface area contributed by atoms with E-state index < -0.39 is 0 Å². The fourth-order valence-corrected chi connectivity index (χ4v) is 5.19. The van der Waals surface area contributed by atoms with Crippen molar-refractivity contribution in [2.45, 2.75) is 72.1 Å². The zero-order valence-electron chi connectivity index (χ0n) is 18.4. The Morgan fingerprint density at radius 2 is 1.38 bits per heavy atom. The maximum Gasteiger partial charge on any atom is 0.00258 e. The van der Waals surface area contributed by atoms with Gasteiger partial charge in [-0.25, -0.2) is 0 Å². The number of benzene rings is 2. The summed E-state index contributed by atoms with van der Waals surface area (Å²) in [6.07, 6.45) is 11.7. The first-order valence-corrected chi connectivity index (χ1v) is 11.2. The van der Waals surface area contributed by atoms with Gasteiger partial charge in [-0.15, -0.1) is 34.0 Å². The van der Waals surface area contributed by atoms with E-state index in [4.69, 9.17) is 0 Å². The van der Waals surface area contributed by atoms with Crippen molar-refractivity contribution in [1.82, 2.24) is 0 Å². The van der Waals surface area contributed by atoms with Crippen LogP contribution < -0.4 is 0 Å². The van der Waals surface area contributed by atoms with Gasteiger partial charge < -0.3 is 0 Å². The summed E-state index contributed by atoms with van der Waals surface area (Å²) in [4.78, 5) is 0. The predicted octanol–water partition coefficient (Wildman–Crippen LogP) is 7.55. The van der Waals surface area contributed by atoms with Crippen molar-refractivity contribution in [3.63, 3.8) is 0 Å². The molecule has 0 saturated heterocycles. The van der Waals surface area contributed by atoms with Crippen molar-refractivity contribution in [3.8, 4) is 0 Å². The molecule has 1 unspecified atom stereocenters. The van der Waals surface area contributed by atoms with Crippen LogP contribution in [0.3, 0.4) is 0 Å². The van der Waals surface area contributed by atoms with E-state index in [0.29, 0.717) is 5.92 Å². The zero-order chi connectivity index (χ0) is 19.7. The first-order chi connectivity index (χ1) is 13.7. The molecule has 0 nitrogen and oxygen atoms in total. The number of fused-ring (bicyclic) bond motifs is 2. The van der Waals surface area contributed by atoms with E-state index in [0.717, 1.165) is 32.1 Å². The van der Waals surface area contributed by atoms with Gasteiger partial charge in [0.25, 0.3) is 0 Å². The molecule has 150 valence electrons. The van der Waals surface area contributed by atoms with Gasteiger partial charge in [0.15, 0.2) is 0 Å². The molecule has 1 heteroatoms. The molecule has 0 N–H and O–H groups in total. The van der Waals surface area contributed by atoms with Crippen molar-refractivity contribution in [2.75, 3.05) is 0 Å². The Bertz CT molecular complexity index is 1020. The van der Waals surface area contributed by atoms with Crippen LogP contribution in [-0.2, 0) is 57.9 Å². The Kier molecular flexibility index (Phi) is 7.43. The number of aryl methyl sites for hydroxylation is 5. The molecule has 0 aromatic heterocycles. The van der Waals surface area contributed by atoms with Crippen molar-refractivity contribution in [2.24, 2.45) is 0 Å². The van der Waals surface area contributed by atoms with Crippen LogP contribution in [0.2, 0.25) is 0 Å². The largest absolute Gasteiger partial charge is 0.168 e. The molecule has 4 rings (SSSR count). The summed E-state index contributed by atoms with van der Waals surface area (Å²) in [5.74, 6) is 0.570. The minimum atomic E-state index is 0. The van der Waals surface area contributed by atoms with E-state index >= 15 is 0 Å².